The fourth-order valence-electron chi connectivity index (χ4n) is 2.96. The van der Waals surface area contributed by atoms with Crippen LogP contribution in [0.2, 0.25) is 5.02 Å². The Labute approximate surface area is 151 Å². The molecule has 1 aliphatic rings. The van der Waals surface area contributed by atoms with E-state index >= 15 is 0 Å². The molecule has 0 aliphatic carbocycles. The standard InChI is InChI=1S/C19H17ClFN3O/c20-16-3-1-2-14(10-16)12-19(25)24-8-6-23(7-9-24)18-5-4-15(13-22)11-17(18)21/h1-5,10-11H,6-9,12H2. The SMILES string of the molecule is N#Cc1ccc(N2CCN(C(=O)Cc3cccc(Cl)c3)CC2)c(F)c1. The Morgan fingerprint density at radius 1 is 1.16 bits per heavy atom. The number of nitriles is 1. The van der Waals surface area contributed by atoms with Gasteiger partial charge in [-0.2, -0.15) is 5.26 Å². The molecule has 25 heavy (non-hydrogen) atoms. The van der Waals surface area contributed by atoms with E-state index < -0.39 is 5.82 Å². The Kier molecular flexibility index (Phi) is 5.20. The lowest BCUT2D eigenvalue weighted by Crippen LogP contribution is -2.49. The summed E-state index contributed by atoms with van der Waals surface area (Å²) in [5.41, 5.74) is 1.66. The highest BCUT2D eigenvalue weighted by atomic mass is 35.5. The van der Waals surface area contributed by atoms with Crippen molar-refractivity contribution in [3.05, 3.63) is 64.4 Å². The first-order chi connectivity index (χ1) is 12.1. The molecule has 1 fully saturated rings. The molecule has 0 spiro atoms. The molecule has 0 unspecified atom stereocenters. The van der Waals surface area contributed by atoms with Crippen molar-refractivity contribution in [1.29, 1.82) is 5.26 Å². The summed E-state index contributed by atoms with van der Waals surface area (Å²) >= 11 is 5.95. The number of anilines is 1. The van der Waals surface area contributed by atoms with Crippen LogP contribution in [-0.4, -0.2) is 37.0 Å². The number of hydrogen-bond donors (Lipinski definition) is 0. The minimum Gasteiger partial charge on any atom is -0.366 e. The van der Waals surface area contributed by atoms with Gasteiger partial charge in [-0.05, 0) is 35.9 Å². The first-order valence-corrected chi connectivity index (χ1v) is 8.41. The van der Waals surface area contributed by atoms with Gasteiger partial charge in [0.2, 0.25) is 5.91 Å². The quantitative estimate of drug-likeness (QED) is 0.847. The predicted molar refractivity (Wildman–Crippen MR) is 95.1 cm³/mol. The van der Waals surface area contributed by atoms with Crippen LogP contribution in [0.3, 0.4) is 0 Å². The maximum Gasteiger partial charge on any atom is 0.227 e. The van der Waals surface area contributed by atoms with Crippen LogP contribution >= 0.6 is 11.6 Å². The van der Waals surface area contributed by atoms with Crippen LogP contribution in [0.1, 0.15) is 11.1 Å². The Hall–Kier alpha value is -2.58. The van der Waals surface area contributed by atoms with Crippen LogP contribution in [0.4, 0.5) is 10.1 Å². The normalized spacial score (nSPS) is 14.3. The Balaban J connectivity index is 1.60. The number of benzene rings is 2. The number of halogens is 2. The highest BCUT2D eigenvalue weighted by molar-refractivity contribution is 6.30. The zero-order chi connectivity index (χ0) is 17.8. The number of rotatable bonds is 3. The molecule has 2 aromatic rings. The number of carbonyl (C=O) groups is 1. The molecule has 0 atom stereocenters. The van der Waals surface area contributed by atoms with Crippen molar-refractivity contribution >= 4 is 23.2 Å². The zero-order valence-electron chi connectivity index (χ0n) is 13.6. The molecular formula is C19H17ClFN3O. The topological polar surface area (TPSA) is 47.3 Å². The van der Waals surface area contributed by atoms with Crippen LogP contribution < -0.4 is 4.90 Å². The second-order valence-corrected chi connectivity index (χ2v) is 6.39. The lowest BCUT2D eigenvalue weighted by atomic mass is 10.1. The maximum absolute atomic E-state index is 14.1. The molecule has 1 saturated heterocycles. The van der Waals surface area contributed by atoms with Crippen molar-refractivity contribution in [2.45, 2.75) is 6.42 Å². The van der Waals surface area contributed by atoms with E-state index in [0.29, 0.717) is 48.9 Å². The third-order valence-electron chi connectivity index (χ3n) is 4.29. The average molecular weight is 358 g/mol. The summed E-state index contributed by atoms with van der Waals surface area (Å²) < 4.78 is 14.1. The van der Waals surface area contributed by atoms with Gasteiger partial charge in [0.05, 0.1) is 23.7 Å². The van der Waals surface area contributed by atoms with Crippen molar-refractivity contribution in [3.63, 3.8) is 0 Å². The average Bonchev–Trinajstić information content (AvgIpc) is 2.62. The van der Waals surface area contributed by atoms with Gasteiger partial charge in [0.15, 0.2) is 0 Å². The molecule has 3 rings (SSSR count). The third-order valence-corrected chi connectivity index (χ3v) is 4.53. The molecule has 0 N–H and O–H groups in total. The van der Waals surface area contributed by atoms with Gasteiger partial charge in [-0.3, -0.25) is 4.79 Å². The minimum absolute atomic E-state index is 0.0437. The molecule has 1 amide bonds. The van der Waals surface area contributed by atoms with Crippen molar-refractivity contribution in [1.82, 2.24) is 4.90 Å². The summed E-state index contributed by atoms with van der Waals surface area (Å²) in [4.78, 5) is 16.1. The first-order valence-electron chi connectivity index (χ1n) is 8.03. The second-order valence-electron chi connectivity index (χ2n) is 5.95. The highest BCUT2D eigenvalue weighted by Crippen LogP contribution is 2.22. The summed E-state index contributed by atoms with van der Waals surface area (Å²) in [5, 5.41) is 9.43. The van der Waals surface area contributed by atoms with Gasteiger partial charge < -0.3 is 9.80 Å². The van der Waals surface area contributed by atoms with Crippen molar-refractivity contribution in [2.75, 3.05) is 31.1 Å². The first kappa shape index (κ1) is 17.2. The molecule has 0 aromatic heterocycles. The predicted octanol–water partition coefficient (Wildman–Crippen LogP) is 3.24. The van der Waals surface area contributed by atoms with E-state index in [4.69, 9.17) is 16.9 Å². The van der Waals surface area contributed by atoms with Gasteiger partial charge in [-0.25, -0.2) is 4.39 Å². The molecule has 4 nitrogen and oxygen atoms in total. The van der Waals surface area contributed by atoms with Crippen LogP contribution in [-0.2, 0) is 11.2 Å². The largest absolute Gasteiger partial charge is 0.366 e. The van der Waals surface area contributed by atoms with E-state index in [0.717, 1.165) is 5.56 Å². The monoisotopic (exact) mass is 357 g/mol. The van der Waals surface area contributed by atoms with E-state index in [-0.39, 0.29) is 5.91 Å². The number of carbonyl (C=O) groups excluding carboxylic acids is 1. The van der Waals surface area contributed by atoms with Crippen molar-refractivity contribution in [2.24, 2.45) is 0 Å². The number of nitrogens with zero attached hydrogens (tertiary/aromatic N) is 3. The summed E-state index contributed by atoms with van der Waals surface area (Å²) in [6.45, 7) is 2.20. The van der Waals surface area contributed by atoms with Crippen LogP contribution in [0.25, 0.3) is 0 Å². The van der Waals surface area contributed by atoms with Gasteiger partial charge in [0.1, 0.15) is 5.82 Å². The van der Waals surface area contributed by atoms with Crippen molar-refractivity contribution in [3.8, 4) is 6.07 Å². The van der Waals surface area contributed by atoms with Gasteiger partial charge in [-0.15, -0.1) is 0 Å². The lowest BCUT2D eigenvalue weighted by molar-refractivity contribution is -0.130. The molecular weight excluding hydrogens is 341 g/mol. The summed E-state index contributed by atoms with van der Waals surface area (Å²) in [5.74, 6) is -0.361. The van der Waals surface area contributed by atoms with Crippen LogP contribution in [0.5, 0.6) is 0 Å². The van der Waals surface area contributed by atoms with Gasteiger partial charge >= 0.3 is 0 Å². The summed E-state index contributed by atoms with van der Waals surface area (Å²) in [7, 11) is 0. The van der Waals surface area contributed by atoms with Crippen LogP contribution in [0, 0.1) is 17.1 Å². The maximum atomic E-state index is 14.1. The summed E-state index contributed by atoms with van der Waals surface area (Å²) in [6.07, 6.45) is 0.311. The molecule has 2 aromatic carbocycles. The van der Waals surface area contributed by atoms with E-state index in [9.17, 15) is 9.18 Å². The Bertz CT molecular complexity index is 826. The smallest absolute Gasteiger partial charge is 0.227 e. The Morgan fingerprint density at radius 3 is 2.56 bits per heavy atom. The van der Waals surface area contributed by atoms with Crippen molar-refractivity contribution < 1.29 is 9.18 Å². The van der Waals surface area contributed by atoms with Gasteiger partial charge in [-0.1, -0.05) is 23.7 Å². The molecule has 0 radical (unpaired) electrons. The number of amides is 1. The second kappa shape index (κ2) is 7.54. The van der Waals surface area contributed by atoms with E-state index in [1.54, 1.807) is 29.2 Å². The zero-order valence-corrected chi connectivity index (χ0v) is 14.3. The van der Waals surface area contributed by atoms with E-state index in [1.807, 2.05) is 23.1 Å². The van der Waals surface area contributed by atoms with E-state index in [2.05, 4.69) is 0 Å². The molecule has 0 saturated carbocycles. The van der Waals surface area contributed by atoms with Crippen LogP contribution in [0.15, 0.2) is 42.5 Å². The molecule has 1 aliphatic heterocycles. The molecule has 128 valence electrons. The molecule has 1 heterocycles. The fraction of sp³-hybridized carbons (Fsp3) is 0.263. The molecule has 0 bridgehead atoms. The Morgan fingerprint density at radius 2 is 1.92 bits per heavy atom. The number of piperazine rings is 1. The number of hydrogen-bond acceptors (Lipinski definition) is 3. The summed E-state index contributed by atoms with van der Waals surface area (Å²) in [6, 6.07) is 13.7. The lowest BCUT2D eigenvalue weighted by Gasteiger charge is -2.36. The molecule has 6 heteroatoms. The third kappa shape index (κ3) is 4.09. The minimum atomic E-state index is -0.405. The fourth-order valence-corrected chi connectivity index (χ4v) is 3.18. The van der Waals surface area contributed by atoms with E-state index in [1.165, 1.54) is 6.07 Å². The highest BCUT2D eigenvalue weighted by Gasteiger charge is 2.23. The van der Waals surface area contributed by atoms with Gasteiger partial charge in [0, 0.05) is 31.2 Å². The van der Waals surface area contributed by atoms with Gasteiger partial charge in [0.25, 0.3) is 0 Å².